The van der Waals surface area contributed by atoms with Crippen LogP contribution in [0.1, 0.15) is 11.6 Å². The van der Waals surface area contributed by atoms with Crippen molar-refractivity contribution in [1.29, 1.82) is 0 Å². The maximum Gasteiger partial charge on any atom is 0.248 e. The Morgan fingerprint density at radius 1 is 1.17 bits per heavy atom. The quantitative estimate of drug-likeness (QED) is 0.531. The molecule has 156 valence electrons. The molecule has 0 saturated heterocycles. The van der Waals surface area contributed by atoms with Gasteiger partial charge in [-0.15, -0.1) is 0 Å². The van der Waals surface area contributed by atoms with Crippen LogP contribution < -0.4 is 10.6 Å². The molecule has 0 aliphatic heterocycles. The number of hydrogen-bond acceptors (Lipinski definition) is 6. The van der Waals surface area contributed by atoms with Gasteiger partial charge in [-0.2, -0.15) is 0 Å². The lowest BCUT2D eigenvalue weighted by molar-refractivity contribution is -0.111. The molecule has 2 aromatic carbocycles. The van der Waals surface area contributed by atoms with E-state index in [0.29, 0.717) is 24.7 Å². The molecule has 3 rings (SSSR count). The van der Waals surface area contributed by atoms with E-state index in [2.05, 4.69) is 20.6 Å². The molecule has 0 saturated carbocycles. The number of amides is 1. The second-order valence-electron chi connectivity index (χ2n) is 7.17. The van der Waals surface area contributed by atoms with Gasteiger partial charge in [-0.1, -0.05) is 36.4 Å². The Hall–Kier alpha value is -3.29. The van der Waals surface area contributed by atoms with Crippen LogP contribution >= 0.6 is 0 Å². The summed E-state index contributed by atoms with van der Waals surface area (Å²) in [5, 5.41) is 7.17. The van der Waals surface area contributed by atoms with Gasteiger partial charge in [0.15, 0.2) is 0 Å². The third kappa shape index (κ3) is 5.85. The second kappa shape index (κ2) is 10.5. The molecule has 30 heavy (non-hydrogen) atoms. The van der Waals surface area contributed by atoms with Gasteiger partial charge in [0.05, 0.1) is 18.2 Å². The summed E-state index contributed by atoms with van der Waals surface area (Å²) in [5.74, 6) is 0.509. The summed E-state index contributed by atoms with van der Waals surface area (Å²) in [4.78, 5) is 22.9. The van der Waals surface area contributed by atoms with E-state index >= 15 is 0 Å². The lowest BCUT2D eigenvalue weighted by Crippen LogP contribution is -2.17. The first-order valence-electron chi connectivity index (χ1n) is 9.74. The molecular weight excluding hydrogens is 378 g/mol. The summed E-state index contributed by atoms with van der Waals surface area (Å²) in [7, 11) is 5.58. The van der Waals surface area contributed by atoms with Gasteiger partial charge in [-0.25, -0.2) is 9.97 Å². The molecule has 1 atom stereocenters. The van der Waals surface area contributed by atoms with Crippen molar-refractivity contribution in [2.24, 2.45) is 0 Å². The van der Waals surface area contributed by atoms with E-state index in [9.17, 15) is 4.79 Å². The molecule has 0 aliphatic rings. The van der Waals surface area contributed by atoms with Crippen LogP contribution in [-0.2, 0) is 9.53 Å². The van der Waals surface area contributed by atoms with Crippen LogP contribution in [0.15, 0.2) is 67.0 Å². The fourth-order valence-electron chi connectivity index (χ4n) is 3.04. The maximum absolute atomic E-state index is 12.2. The third-order valence-electron chi connectivity index (χ3n) is 4.49. The highest BCUT2D eigenvalue weighted by molar-refractivity contribution is 6.01. The van der Waals surface area contributed by atoms with E-state index in [1.807, 2.05) is 73.6 Å². The molecular formula is C23H27N5O2. The normalized spacial score (nSPS) is 12.4. The van der Waals surface area contributed by atoms with Gasteiger partial charge in [0.1, 0.15) is 12.1 Å². The molecule has 1 aromatic heterocycles. The number of ether oxygens (including phenoxy) is 1. The highest BCUT2D eigenvalue weighted by Crippen LogP contribution is 2.26. The summed E-state index contributed by atoms with van der Waals surface area (Å²) in [6.45, 7) is 1.19. The fourth-order valence-corrected chi connectivity index (χ4v) is 3.04. The van der Waals surface area contributed by atoms with Crippen molar-refractivity contribution in [2.45, 2.75) is 6.04 Å². The van der Waals surface area contributed by atoms with E-state index in [1.165, 1.54) is 12.4 Å². The zero-order valence-corrected chi connectivity index (χ0v) is 17.5. The number of aromatic nitrogens is 2. The van der Waals surface area contributed by atoms with E-state index in [4.69, 9.17) is 4.74 Å². The van der Waals surface area contributed by atoms with Crippen molar-refractivity contribution in [1.82, 2.24) is 14.9 Å². The van der Waals surface area contributed by atoms with Crippen molar-refractivity contribution in [3.05, 3.63) is 72.6 Å². The molecule has 1 heterocycles. The lowest BCUT2D eigenvalue weighted by Gasteiger charge is -2.20. The number of methoxy groups -OCH3 is 1. The zero-order chi connectivity index (χ0) is 21.3. The van der Waals surface area contributed by atoms with Crippen LogP contribution in [0.5, 0.6) is 0 Å². The highest BCUT2D eigenvalue weighted by atomic mass is 16.5. The van der Waals surface area contributed by atoms with Crippen molar-refractivity contribution < 1.29 is 9.53 Å². The number of carbonyl (C=O) groups is 1. The predicted molar refractivity (Wildman–Crippen MR) is 121 cm³/mol. The molecule has 7 heteroatoms. The van der Waals surface area contributed by atoms with E-state index in [-0.39, 0.29) is 11.9 Å². The lowest BCUT2D eigenvalue weighted by atomic mass is 10.1. The number of carbonyl (C=O) groups excluding carboxylic acids is 1. The Kier molecular flexibility index (Phi) is 7.48. The minimum atomic E-state index is -0.177. The SMILES string of the molecule is COCC(Nc1ncnc2ccc(NC(=O)C=CCN(C)C)cc12)c1ccccc1. The van der Waals surface area contributed by atoms with Crippen LogP contribution in [-0.4, -0.2) is 55.1 Å². The topological polar surface area (TPSA) is 79.4 Å². The fraction of sp³-hybridized carbons (Fsp3) is 0.261. The number of fused-ring (bicyclic) bond motifs is 1. The van der Waals surface area contributed by atoms with Crippen LogP contribution in [0.25, 0.3) is 10.9 Å². The second-order valence-corrected chi connectivity index (χ2v) is 7.17. The Labute approximate surface area is 176 Å². The molecule has 2 N–H and O–H groups in total. The third-order valence-corrected chi connectivity index (χ3v) is 4.49. The molecule has 1 unspecified atom stereocenters. The number of nitrogens with one attached hydrogen (secondary N) is 2. The van der Waals surface area contributed by atoms with Crippen molar-refractivity contribution in [3.63, 3.8) is 0 Å². The molecule has 0 aliphatic carbocycles. The van der Waals surface area contributed by atoms with Gasteiger partial charge in [-0.3, -0.25) is 4.79 Å². The predicted octanol–water partition coefficient (Wildman–Crippen LogP) is 3.49. The van der Waals surface area contributed by atoms with E-state index in [1.54, 1.807) is 7.11 Å². The minimum Gasteiger partial charge on any atom is -0.382 e. The summed E-state index contributed by atoms with van der Waals surface area (Å²) in [6.07, 6.45) is 4.89. The number of likely N-dealkylation sites (N-methyl/N-ethyl adjacent to an activating group) is 1. The standard InChI is InChI=1S/C23H27N5O2/c1-28(2)13-7-10-22(29)26-18-11-12-20-19(14-18)23(25-16-24-20)27-21(15-30-3)17-8-5-4-6-9-17/h4-12,14,16,21H,13,15H2,1-3H3,(H,26,29)(H,24,25,27). The van der Waals surface area contributed by atoms with Crippen LogP contribution in [0.3, 0.4) is 0 Å². The highest BCUT2D eigenvalue weighted by Gasteiger charge is 2.14. The van der Waals surface area contributed by atoms with Crippen molar-refractivity contribution >= 4 is 28.3 Å². The van der Waals surface area contributed by atoms with Gasteiger partial charge in [0.2, 0.25) is 5.91 Å². The van der Waals surface area contributed by atoms with Crippen molar-refractivity contribution in [3.8, 4) is 0 Å². The van der Waals surface area contributed by atoms with Crippen LogP contribution in [0.2, 0.25) is 0 Å². The monoisotopic (exact) mass is 405 g/mol. The number of benzene rings is 2. The number of anilines is 2. The van der Waals surface area contributed by atoms with Gasteiger partial charge < -0.3 is 20.3 Å². The summed E-state index contributed by atoms with van der Waals surface area (Å²) < 4.78 is 5.40. The Morgan fingerprint density at radius 2 is 1.97 bits per heavy atom. The Balaban J connectivity index is 1.84. The first-order valence-corrected chi connectivity index (χ1v) is 9.74. The summed E-state index contributed by atoms with van der Waals surface area (Å²) >= 11 is 0. The molecule has 1 amide bonds. The van der Waals surface area contributed by atoms with Crippen molar-refractivity contribution in [2.75, 3.05) is 45.0 Å². The molecule has 7 nitrogen and oxygen atoms in total. The summed E-state index contributed by atoms with van der Waals surface area (Å²) in [5.41, 5.74) is 2.57. The first kappa shape index (κ1) is 21.4. The number of hydrogen-bond donors (Lipinski definition) is 2. The van der Waals surface area contributed by atoms with Gasteiger partial charge in [-0.05, 0) is 37.9 Å². The Morgan fingerprint density at radius 3 is 2.70 bits per heavy atom. The average Bonchev–Trinajstić information content (AvgIpc) is 2.74. The maximum atomic E-state index is 12.2. The van der Waals surface area contributed by atoms with Gasteiger partial charge in [0, 0.05) is 30.8 Å². The number of nitrogens with zero attached hydrogens (tertiary/aromatic N) is 3. The first-order chi connectivity index (χ1) is 14.6. The summed E-state index contributed by atoms with van der Waals surface area (Å²) in [6, 6.07) is 15.6. The number of rotatable bonds is 9. The van der Waals surface area contributed by atoms with Gasteiger partial charge in [0.25, 0.3) is 0 Å². The molecule has 0 radical (unpaired) electrons. The molecule has 0 bridgehead atoms. The van der Waals surface area contributed by atoms with Gasteiger partial charge >= 0.3 is 0 Å². The van der Waals surface area contributed by atoms with E-state index in [0.717, 1.165) is 16.5 Å². The van der Waals surface area contributed by atoms with Crippen LogP contribution in [0, 0.1) is 0 Å². The average molecular weight is 406 g/mol. The van der Waals surface area contributed by atoms with E-state index < -0.39 is 0 Å². The Bertz CT molecular complexity index is 1000. The smallest absolute Gasteiger partial charge is 0.248 e. The zero-order valence-electron chi connectivity index (χ0n) is 17.5. The molecule has 0 spiro atoms. The largest absolute Gasteiger partial charge is 0.382 e. The molecule has 0 fully saturated rings. The molecule has 3 aromatic rings. The minimum absolute atomic E-state index is 0.0680. The van der Waals surface area contributed by atoms with Crippen LogP contribution in [0.4, 0.5) is 11.5 Å².